The van der Waals surface area contributed by atoms with Crippen molar-refractivity contribution in [3.8, 4) is 0 Å². The highest BCUT2D eigenvalue weighted by Gasteiger charge is 2.28. The Morgan fingerprint density at radius 3 is 2.72 bits per heavy atom. The lowest BCUT2D eigenvalue weighted by atomic mass is 10.1. The molecule has 2 aromatic heterocycles. The molecule has 0 amide bonds. The Balaban J connectivity index is 1.77. The summed E-state index contributed by atoms with van der Waals surface area (Å²) in [6.45, 7) is 7.54. The maximum Gasteiger partial charge on any atom is 0.209 e. The van der Waals surface area contributed by atoms with Crippen molar-refractivity contribution < 1.29 is 8.42 Å². The second-order valence-corrected chi connectivity index (χ2v) is 9.66. The smallest absolute Gasteiger partial charge is 0.209 e. The van der Waals surface area contributed by atoms with Crippen molar-refractivity contribution in [1.82, 2.24) is 24.4 Å². The fourth-order valence-electron chi connectivity index (χ4n) is 3.12. The topological polar surface area (TPSA) is 80.1 Å². The van der Waals surface area contributed by atoms with Crippen LogP contribution in [0.3, 0.4) is 0 Å². The second kappa shape index (κ2) is 7.53. The number of rotatable bonds is 6. The molecule has 0 bridgehead atoms. The van der Waals surface area contributed by atoms with Gasteiger partial charge in [0.15, 0.2) is 5.82 Å². The lowest BCUT2D eigenvalue weighted by molar-refractivity contribution is 0.271. The van der Waals surface area contributed by atoms with Gasteiger partial charge in [0.25, 0.3) is 0 Å². The minimum atomic E-state index is -3.32. The van der Waals surface area contributed by atoms with Crippen LogP contribution in [0.5, 0.6) is 0 Å². The van der Waals surface area contributed by atoms with Crippen LogP contribution in [-0.4, -0.2) is 47.4 Å². The number of nitrogens with zero attached hydrogens (tertiary/aromatic N) is 4. The first kappa shape index (κ1) is 18.5. The molecule has 138 valence electrons. The summed E-state index contributed by atoms with van der Waals surface area (Å²) in [6.07, 6.45) is 2.01. The first-order chi connectivity index (χ1) is 11.8. The molecule has 0 spiro atoms. The van der Waals surface area contributed by atoms with E-state index < -0.39 is 10.0 Å². The maximum atomic E-state index is 11.7. The molecule has 9 heteroatoms. The van der Waals surface area contributed by atoms with Crippen LogP contribution in [0, 0.1) is 5.92 Å². The average molecular weight is 384 g/mol. The van der Waals surface area contributed by atoms with Crippen molar-refractivity contribution in [3.05, 3.63) is 34.0 Å². The molecule has 0 aliphatic carbocycles. The fourth-order valence-corrected chi connectivity index (χ4v) is 4.70. The van der Waals surface area contributed by atoms with Gasteiger partial charge in [0.2, 0.25) is 10.0 Å². The SMILES string of the molecule is CC(C)C(NS(C)(=O)=O)c1nnc2n1CCN(Cc1cccs1)CC2. The average Bonchev–Trinajstić information content (AvgIpc) is 3.12. The molecule has 3 heterocycles. The lowest BCUT2D eigenvalue weighted by Gasteiger charge is -2.22. The highest BCUT2D eigenvalue weighted by atomic mass is 32.2. The van der Waals surface area contributed by atoms with Crippen LogP contribution in [0.1, 0.15) is 36.4 Å². The van der Waals surface area contributed by atoms with Gasteiger partial charge in [-0.25, -0.2) is 13.1 Å². The Morgan fingerprint density at radius 1 is 1.28 bits per heavy atom. The highest BCUT2D eigenvalue weighted by molar-refractivity contribution is 7.88. The van der Waals surface area contributed by atoms with Crippen LogP contribution < -0.4 is 4.72 Å². The van der Waals surface area contributed by atoms with Gasteiger partial charge in [-0.3, -0.25) is 4.90 Å². The van der Waals surface area contributed by atoms with Crippen molar-refractivity contribution in [2.45, 2.75) is 39.4 Å². The number of fused-ring (bicyclic) bond motifs is 1. The van der Waals surface area contributed by atoms with Gasteiger partial charge in [-0.15, -0.1) is 21.5 Å². The van der Waals surface area contributed by atoms with Crippen LogP contribution in [0.15, 0.2) is 17.5 Å². The van der Waals surface area contributed by atoms with Gasteiger partial charge in [-0.1, -0.05) is 19.9 Å². The predicted octanol–water partition coefficient (Wildman–Crippen LogP) is 1.64. The third-order valence-electron chi connectivity index (χ3n) is 4.39. The Bertz CT molecular complexity index is 799. The van der Waals surface area contributed by atoms with Crippen LogP contribution >= 0.6 is 11.3 Å². The Hall–Kier alpha value is -1.29. The van der Waals surface area contributed by atoms with Gasteiger partial charge in [-0.05, 0) is 17.4 Å². The number of sulfonamides is 1. The summed E-state index contributed by atoms with van der Waals surface area (Å²) in [5.74, 6) is 1.74. The van der Waals surface area contributed by atoms with E-state index in [4.69, 9.17) is 0 Å². The van der Waals surface area contributed by atoms with Crippen LogP contribution in [0.2, 0.25) is 0 Å². The summed E-state index contributed by atoms with van der Waals surface area (Å²) in [5.41, 5.74) is 0. The third kappa shape index (κ3) is 4.66. The normalized spacial score (nSPS) is 17.4. The van der Waals surface area contributed by atoms with Gasteiger partial charge < -0.3 is 4.57 Å². The highest BCUT2D eigenvalue weighted by Crippen LogP contribution is 2.23. The number of thiophene rings is 1. The molecule has 0 saturated carbocycles. The molecule has 7 nitrogen and oxygen atoms in total. The van der Waals surface area contributed by atoms with Crippen molar-refractivity contribution in [2.24, 2.45) is 5.92 Å². The van der Waals surface area contributed by atoms with Crippen molar-refractivity contribution in [2.75, 3.05) is 19.3 Å². The molecule has 1 unspecified atom stereocenters. The first-order valence-electron chi connectivity index (χ1n) is 8.47. The minimum Gasteiger partial charge on any atom is -0.312 e. The molecule has 2 aromatic rings. The van der Waals surface area contributed by atoms with Crippen molar-refractivity contribution in [3.63, 3.8) is 0 Å². The summed E-state index contributed by atoms with van der Waals surface area (Å²) < 4.78 is 28.3. The minimum absolute atomic E-state index is 0.0912. The fraction of sp³-hybridized carbons (Fsp3) is 0.625. The zero-order valence-electron chi connectivity index (χ0n) is 14.8. The molecule has 1 atom stereocenters. The molecule has 0 radical (unpaired) electrons. The van der Waals surface area contributed by atoms with Crippen LogP contribution in [-0.2, 0) is 29.5 Å². The largest absolute Gasteiger partial charge is 0.312 e. The summed E-state index contributed by atoms with van der Waals surface area (Å²) in [5, 5.41) is 10.8. The van der Waals surface area contributed by atoms with E-state index in [1.807, 2.05) is 13.8 Å². The molecule has 0 aromatic carbocycles. The monoisotopic (exact) mass is 383 g/mol. The van der Waals surface area contributed by atoms with E-state index in [-0.39, 0.29) is 12.0 Å². The van der Waals surface area contributed by atoms with E-state index >= 15 is 0 Å². The molecule has 25 heavy (non-hydrogen) atoms. The summed E-state index contributed by atoms with van der Waals surface area (Å²) in [4.78, 5) is 3.77. The number of hydrogen-bond acceptors (Lipinski definition) is 6. The van der Waals surface area contributed by atoms with Crippen LogP contribution in [0.25, 0.3) is 0 Å². The lowest BCUT2D eigenvalue weighted by Crippen LogP contribution is -2.33. The Labute approximate surface area is 153 Å². The van der Waals surface area contributed by atoms with Crippen molar-refractivity contribution >= 4 is 21.4 Å². The van der Waals surface area contributed by atoms with Crippen LogP contribution in [0.4, 0.5) is 0 Å². The molecule has 1 aliphatic heterocycles. The Kier molecular flexibility index (Phi) is 5.57. The Morgan fingerprint density at radius 2 is 2.08 bits per heavy atom. The number of aromatic nitrogens is 3. The van der Waals surface area contributed by atoms with E-state index in [0.29, 0.717) is 5.82 Å². The van der Waals surface area contributed by atoms with Gasteiger partial charge in [0, 0.05) is 37.5 Å². The van der Waals surface area contributed by atoms with Gasteiger partial charge >= 0.3 is 0 Å². The van der Waals surface area contributed by atoms with E-state index in [2.05, 4.69) is 41.9 Å². The van der Waals surface area contributed by atoms with Crippen molar-refractivity contribution in [1.29, 1.82) is 0 Å². The molecular formula is C16H25N5O2S2. The standard InChI is InChI=1S/C16H25N5O2S2/c1-12(2)15(19-25(3,22)23)16-18-17-14-6-7-20(8-9-21(14)16)11-13-5-4-10-24-13/h4-5,10,12,15,19H,6-9,11H2,1-3H3. The molecule has 3 rings (SSSR count). The molecular weight excluding hydrogens is 358 g/mol. The molecule has 0 fully saturated rings. The van der Waals surface area contributed by atoms with Gasteiger partial charge in [0.05, 0.1) is 12.3 Å². The van der Waals surface area contributed by atoms with Gasteiger partial charge in [0.1, 0.15) is 5.82 Å². The maximum absolute atomic E-state index is 11.7. The summed E-state index contributed by atoms with van der Waals surface area (Å²) in [7, 11) is -3.32. The number of hydrogen-bond donors (Lipinski definition) is 1. The third-order valence-corrected chi connectivity index (χ3v) is 5.94. The first-order valence-corrected chi connectivity index (χ1v) is 11.2. The van der Waals surface area contributed by atoms with E-state index in [9.17, 15) is 8.42 Å². The quantitative estimate of drug-likeness (QED) is 0.820. The second-order valence-electron chi connectivity index (χ2n) is 6.84. The summed E-state index contributed by atoms with van der Waals surface area (Å²) >= 11 is 1.77. The van der Waals surface area contributed by atoms with E-state index in [0.717, 1.165) is 38.4 Å². The molecule has 0 saturated heterocycles. The predicted molar refractivity (Wildman–Crippen MR) is 98.9 cm³/mol. The van der Waals surface area contributed by atoms with E-state index in [1.54, 1.807) is 11.3 Å². The van der Waals surface area contributed by atoms with E-state index in [1.165, 1.54) is 11.1 Å². The van der Waals surface area contributed by atoms with Gasteiger partial charge in [-0.2, -0.15) is 0 Å². The summed E-state index contributed by atoms with van der Waals surface area (Å²) in [6, 6.07) is 3.88. The zero-order valence-corrected chi connectivity index (χ0v) is 16.5. The molecule has 1 N–H and O–H groups in total. The molecule has 1 aliphatic rings. The number of nitrogens with one attached hydrogen (secondary N) is 1. The zero-order chi connectivity index (χ0) is 18.0.